The summed E-state index contributed by atoms with van der Waals surface area (Å²) in [6.07, 6.45) is 2.95. The fourth-order valence-corrected chi connectivity index (χ4v) is 2.50. The predicted molar refractivity (Wildman–Crippen MR) is 72.9 cm³/mol. The summed E-state index contributed by atoms with van der Waals surface area (Å²) in [7, 11) is 1.33. The second-order valence-corrected chi connectivity index (χ2v) is 5.06. The van der Waals surface area contributed by atoms with Crippen molar-refractivity contribution in [2.75, 3.05) is 13.7 Å². The Hall–Kier alpha value is -0.256. The molecule has 111 valence electrons. The number of methoxy groups -OCH3 is 1. The Morgan fingerprint density at radius 1 is 1.55 bits per heavy atom. The minimum atomic E-state index is -0.894. The average molecular weight is 355 g/mol. The summed E-state index contributed by atoms with van der Waals surface area (Å²) in [6.45, 7) is 8.31. The molecule has 0 aromatic heterocycles. The van der Waals surface area contributed by atoms with Crippen molar-refractivity contribution in [3.05, 3.63) is 27.0 Å². The van der Waals surface area contributed by atoms with Gasteiger partial charge in [-0.1, -0.05) is 12.5 Å². The maximum Gasteiger partial charge on any atom is 0.332 e. The first-order valence-corrected chi connectivity index (χ1v) is 6.13. The van der Waals surface area contributed by atoms with Crippen molar-refractivity contribution in [1.82, 2.24) is 10.6 Å². The summed E-state index contributed by atoms with van der Waals surface area (Å²) < 4.78 is 4.76. The molecule has 1 aliphatic carbocycles. The second kappa shape index (κ2) is 7.67. The standard InChI is InChI=1S/C13H19N2O3.CH3.Y/c1-4-9-6-13(9,12(17)18-3)15-11(16)10-5-8(2)7-14-10;;/h4,8-10,14H,1-2,5-7H2,3H3,(H,15,16);1H3;/q2*-1;/t8-,9?,10+,13?;;/m1../s1. The Bertz CT molecular complexity index is 389. The molecule has 0 spiro atoms. The van der Waals surface area contributed by atoms with Crippen LogP contribution in [0.5, 0.6) is 0 Å². The van der Waals surface area contributed by atoms with Gasteiger partial charge in [0.15, 0.2) is 0 Å². The molecule has 5 nitrogen and oxygen atoms in total. The van der Waals surface area contributed by atoms with Crippen LogP contribution in [0.1, 0.15) is 12.8 Å². The van der Waals surface area contributed by atoms with Crippen molar-refractivity contribution < 1.29 is 47.0 Å². The third-order valence-electron chi connectivity index (χ3n) is 3.73. The number of carbonyl (C=O) groups is 2. The van der Waals surface area contributed by atoms with Gasteiger partial charge in [0, 0.05) is 38.6 Å². The van der Waals surface area contributed by atoms with Crippen molar-refractivity contribution in [2.24, 2.45) is 11.8 Å². The van der Waals surface area contributed by atoms with E-state index in [1.54, 1.807) is 6.08 Å². The quantitative estimate of drug-likeness (QED) is 0.437. The van der Waals surface area contributed by atoms with Crippen LogP contribution in [-0.4, -0.2) is 37.1 Å². The first-order valence-electron chi connectivity index (χ1n) is 6.13. The molecule has 1 saturated heterocycles. The van der Waals surface area contributed by atoms with E-state index in [0.717, 1.165) is 6.54 Å². The Kier molecular flexibility index (Phi) is 7.57. The molecule has 20 heavy (non-hydrogen) atoms. The van der Waals surface area contributed by atoms with Crippen LogP contribution in [0, 0.1) is 26.2 Å². The van der Waals surface area contributed by atoms with E-state index in [0.29, 0.717) is 12.8 Å². The van der Waals surface area contributed by atoms with E-state index in [-0.39, 0.29) is 63.9 Å². The molecule has 1 radical (unpaired) electrons. The SMILES string of the molecule is C=CC1CC1(NC(=O)[C@@H]1C[C@@H]([CH2-])CN1)C(=O)OC.[CH3-].[Y]. The van der Waals surface area contributed by atoms with Crippen molar-refractivity contribution >= 4 is 11.9 Å². The molecule has 2 fully saturated rings. The predicted octanol–water partition coefficient (Wildman–Crippen LogP) is 0.480. The van der Waals surface area contributed by atoms with E-state index in [4.69, 9.17) is 4.74 Å². The molecule has 2 rings (SSSR count). The minimum Gasteiger partial charge on any atom is -0.467 e. The van der Waals surface area contributed by atoms with Gasteiger partial charge in [-0.2, -0.15) is 5.92 Å². The first-order chi connectivity index (χ1) is 8.53. The number of esters is 1. The first kappa shape index (κ1) is 19.7. The topological polar surface area (TPSA) is 67.4 Å². The molecular weight excluding hydrogens is 333 g/mol. The zero-order valence-corrected chi connectivity index (χ0v) is 15.0. The van der Waals surface area contributed by atoms with Gasteiger partial charge in [0.1, 0.15) is 5.54 Å². The van der Waals surface area contributed by atoms with E-state index >= 15 is 0 Å². The fourth-order valence-electron chi connectivity index (χ4n) is 2.50. The van der Waals surface area contributed by atoms with E-state index in [1.165, 1.54) is 7.11 Å². The van der Waals surface area contributed by atoms with Gasteiger partial charge < -0.3 is 29.7 Å². The summed E-state index contributed by atoms with van der Waals surface area (Å²) in [4.78, 5) is 23.8. The zero-order valence-electron chi connectivity index (χ0n) is 12.1. The van der Waals surface area contributed by atoms with Gasteiger partial charge in [-0.3, -0.25) is 4.79 Å². The van der Waals surface area contributed by atoms with E-state index in [2.05, 4.69) is 24.1 Å². The van der Waals surface area contributed by atoms with Crippen molar-refractivity contribution in [2.45, 2.75) is 24.4 Å². The number of nitrogens with one attached hydrogen (secondary N) is 2. The Morgan fingerprint density at radius 2 is 2.20 bits per heavy atom. The largest absolute Gasteiger partial charge is 0.467 e. The number of amides is 1. The van der Waals surface area contributed by atoms with Crippen LogP contribution in [0.25, 0.3) is 0 Å². The Morgan fingerprint density at radius 3 is 2.60 bits per heavy atom. The van der Waals surface area contributed by atoms with Crippen LogP contribution in [0.3, 0.4) is 0 Å². The van der Waals surface area contributed by atoms with Crippen molar-refractivity contribution in [3.8, 4) is 0 Å². The van der Waals surface area contributed by atoms with Gasteiger partial charge in [0.25, 0.3) is 0 Å². The van der Waals surface area contributed by atoms with Crippen molar-refractivity contribution in [1.29, 1.82) is 0 Å². The van der Waals surface area contributed by atoms with Crippen LogP contribution in [0.15, 0.2) is 12.7 Å². The molecular formula is C14H22N2O3Y-2. The van der Waals surface area contributed by atoms with Crippen LogP contribution in [0.4, 0.5) is 0 Å². The maximum absolute atomic E-state index is 12.1. The molecule has 0 bridgehead atoms. The van der Waals surface area contributed by atoms with Gasteiger partial charge in [-0.25, -0.2) is 4.79 Å². The van der Waals surface area contributed by atoms with Crippen LogP contribution in [0.2, 0.25) is 0 Å². The molecule has 0 aromatic carbocycles. The van der Waals surface area contributed by atoms with Crippen LogP contribution < -0.4 is 10.6 Å². The fraction of sp³-hybridized carbons (Fsp3) is 0.571. The molecule has 1 aliphatic heterocycles. The van der Waals surface area contributed by atoms with E-state index in [1.807, 2.05) is 0 Å². The molecule has 0 aromatic rings. The van der Waals surface area contributed by atoms with Crippen molar-refractivity contribution in [3.63, 3.8) is 0 Å². The molecule has 6 heteroatoms. The minimum absolute atomic E-state index is 0. The summed E-state index contributed by atoms with van der Waals surface area (Å²) in [5.41, 5.74) is -0.894. The van der Waals surface area contributed by atoms with E-state index in [9.17, 15) is 9.59 Å². The summed E-state index contributed by atoms with van der Waals surface area (Å²) >= 11 is 0. The number of carbonyl (C=O) groups excluding carboxylic acids is 2. The van der Waals surface area contributed by atoms with Crippen LogP contribution >= 0.6 is 0 Å². The molecule has 1 saturated carbocycles. The molecule has 2 aliphatic rings. The third-order valence-corrected chi connectivity index (χ3v) is 3.73. The van der Waals surface area contributed by atoms with E-state index < -0.39 is 11.5 Å². The van der Waals surface area contributed by atoms with Gasteiger partial charge in [-0.05, 0) is 13.0 Å². The smallest absolute Gasteiger partial charge is 0.332 e. The van der Waals surface area contributed by atoms with Gasteiger partial charge in [-0.15, -0.1) is 6.58 Å². The molecule has 4 atom stereocenters. The number of hydrogen-bond acceptors (Lipinski definition) is 4. The molecule has 1 heterocycles. The van der Waals surface area contributed by atoms with Gasteiger partial charge in [0.05, 0.1) is 13.2 Å². The third kappa shape index (κ3) is 3.68. The molecule has 2 unspecified atom stereocenters. The monoisotopic (exact) mass is 355 g/mol. The maximum atomic E-state index is 12.1. The number of ether oxygens (including phenoxy) is 1. The molecule has 2 N–H and O–H groups in total. The summed E-state index contributed by atoms with van der Waals surface area (Å²) in [5, 5.41) is 5.90. The zero-order chi connectivity index (χ0) is 13.3. The summed E-state index contributed by atoms with van der Waals surface area (Å²) in [6, 6.07) is -0.264. The average Bonchev–Trinajstić information content (AvgIpc) is 2.90. The Balaban J connectivity index is 0.00000180. The normalized spacial score (nSPS) is 34.2. The number of hydrogen-bond donors (Lipinski definition) is 2. The van der Waals surface area contributed by atoms with Gasteiger partial charge >= 0.3 is 5.97 Å². The second-order valence-electron chi connectivity index (χ2n) is 5.06. The molecule has 1 amide bonds. The van der Waals surface area contributed by atoms with Crippen LogP contribution in [-0.2, 0) is 47.0 Å². The van der Waals surface area contributed by atoms with Gasteiger partial charge in [0.2, 0.25) is 5.91 Å². The summed E-state index contributed by atoms with van der Waals surface area (Å²) in [5.74, 6) is -0.351. The Labute approximate surface area is 146 Å². The number of rotatable bonds is 4.